The molecule has 0 aromatic carbocycles. The number of piperidine rings is 1. The monoisotopic (exact) mass is 241 g/mol. The zero-order chi connectivity index (χ0) is 12.3. The fourth-order valence-electron chi connectivity index (χ4n) is 2.60. The van der Waals surface area contributed by atoms with E-state index in [9.17, 15) is 9.59 Å². The van der Waals surface area contributed by atoms with Gasteiger partial charge in [0.05, 0.1) is 0 Å². The third kappa shape index (κ3) is 2.97. The molecule has 17 heavy (non-hydrogen) atoms. The van der Waals surface area contributed by atoms with Crippen molar-refractivity contribution in [2.75, 3.05) is 19.8 Å². The second-order valence-electron chi connectivity index (χ2n) is 4.87. The van der Waals surface area contributed by atoms with Crippen LogP contribution in [0.25, 0.3) is 0 Å². The maximum atomic E-state index is 12.1. The Kier molecular flexibility index (Phi) is 3.99. The Hall–Kier alpha value is -1.10. The Morgan fingerprint density at radius 1 is 1.29 bits per heavy atom. The zero-order valence-corrected chi connectivity index (χ0v) is 9.93. The van der Waals surface area contributed by atoms with E-state index in [0.29, 0.717) is 26.0 Å². The molecular formula is C12H19NO4. The van der Waals surface area contributed by atoms with E-state index in [2.05, 4.69) is 0 Å². The Morgan fingerprint density at radius 3 is 2.76 bits per heavy atom. The molecule has 5 nitrogen and oxygen atoms in total. The molecule has 5 heteroatoms. The van der Waals surface area contributed by atoms with Crippen LogP contribution in [0.4, 0.5) is 0 Å². The lowest BCUT2D eigenvalue weighted by molar-refractivity contribution is -0.152. The molecule has 2 aliphatic heterocycles. The largest absolute Gasteiger partial charge is 0.480 e. The summed E-state index contributed by atoms with van der Waals surface area (Å²) in [4.78, 5) is 24.7. The lowest BCUT2D eigenvalue weighted by atomic mass is 9.99. The van der Waals surface area contributed by atoms with Gasteiger partial charge in [0.25, 0.3) is 0 Å². The molecule has 0 aromatic heterocycles. The molecule has 0 radical (unpaired) electrons. The van der Waals surface area contributed by atoms with Gasteiger partial charge in [0.1, 0.15) is 6.04 Å². The third-order valence-corrected chi connectivity index (χ3v) is 3.60. The Bertz CT molecular complexity index is 299. The Morgan fingerprint density at radius 2 is 2.12 bits per heavy atom. The highest BCUT2D eigenvalue weighted by molar-refractivity contribution is 5.84. The molecule has 0 spiro atoms. The Labute approximate surface area is 101 Å². The number of nitrogens with zero attached hydrogens (tertiary/aromatic N) is 1. The number of amides is 1. The predicted octanol–water partition coefficient (Wildman–Crippen LogP) is 0.879. The summed E-state index contributed by atoms with van der Waals surface area (Å²) in [6.45, 7) is 1.95. The average molecular weight is 241 g/mol. The first-order chi connectivity index (χ1) is 8.18. The Balaban J connectivity index is 1.93. The molecule has 0 bridgehead atoms. The molecule has 2 atom stereocenters. The van der Waals surface area contributed by atoms with Crippen LogP contribution in [0.1, 0.15) is 32.1 Å². The van der Waals surface area contributed by atoms with Crippen LogP contribution in [0, 0.1) is 5.92 Å². The predicted molar refractivity (Wildman–Crippen MR) is 60.5 cm³/mol. The van der Waals surface area contributed by atoms with Crippen molar-refractivity contribution in [2.45, 2.75) is 38.1 Å². The summed E-state index contributed by atoms with van der Waals surface area (Å²) in [5.74, 6) is -0.618. The highest BCUT2D eigenvalue weighted by Gasteiger charge is 2.33. The van der Waals surface area contributed by atoms with Crippen molar-refractivity contribution in [3.8, 4) is 0 Å². The first kappa shape index (κ1) is 12.4. The number of carbonyl (C=O) groups is 2. The number of hydrogen-bond donors (Lipinski definition) is 1. The van der Waals surface area contributed by atoms with Crippen LogP contribution in [0.5, 0.6) is 0 Å². The van der Waals surface area contributed by atoms with Gasteiger partial charge in [0.2, 0.25) is 5.91 Å². The van der Waals surface area contributed by atoms with Gasteiger partial charge in [-0.05, 0) is 31.6 Å². The molecule has 2 saturated heterocycles. The lowest BCUT2D eigenvalue weighted by Crippen LogP contribution is -2.48. The summed E-state index contributed by atoms with van der Waals surface area (Å²) in [7, 11) is 0. The number of carboxylic acids is 1. The molecule has 2 aliphatic rings. The second-order valence-corrected chi connectivity index (χ2v) is 4.87. The van der Waals surface area contributed by atoms with Gasteiger partial charge in [0.15, 0.2) is 0 Å². The summed E-state index contributed by atoms with van der Waals surface area (Å²) in [6, 6.07) is -0.612. The van der Waals surface area contributed by atoms with Crippen molar-refractivity contribution in [1.29, 1.82) is 0 Å². The van der Waals surface area contributed by atoms with Gasteiger partial charge in [-0.1, -0.05) is 0 Å². The van der Waals surface area contributed by atoms with Crippen LogP contribution in [-0.4, -0.2) is 47.7 Å². The minimum Gasteiger partial charge on any atom is -0.480 e. The van der Waals surface area contributed by atoms with Gasteiger partial charge in [-0.2, -0.15) is 0 Å². The van der Waals surface area contributed by atoms with Crippen molar-refractivity contribution < 1.29 is 19.4 Å². The van der Waals surface area contributed by atoms with Crippen molar-refractivity contribution in [2.24, 2.45) is 5.92 Å². The highest BCUT2D eigenvalue weighted by Crippen LogP contribution is 2.22. The van der Waals surface area contributed by atoms with Crippen LogP contribution in [-0.2, 0) is 14.3 Å². The number of rotatable bonds is 3. The number of carbonyl (C=O) groups excluding carboxylic acids is 1. The summed E-state index contributed by atoms with van der Waals surface area (Å²) >= 11 is 0. The van der Waals surface area contributed by atoms with Crippen molar-refractivity contribution in [1.82, 2.24) is 4.90 Å². The molecule has 1 N–H and O–H groups in total. The molecule has 2 fully saturated rings. The number of carboxylic acid groups (broad SMARTS) is 1. The summed E-state index contributed by atoms with van der Waals surface area (Å²) in [5, 5.41) is 9.10. The topological polar surface area (TPSA) is 66.8 Å². The maximum absolute atomic E-state index is 12.1. The van der Waals surface area contributed by atoms with Gasteiger partial charge >= 0.3 is 5.97 Å². The van der Waals surface area contributed by atoms with Gasteiger partial charge < -0.3 is 14.7 Å². The van der Waals surface area contributed by atoms with Crippen LogP contribution in [0.2, 0.25) is 0 Å². The van der Waals surface area contributed by atoms with E-state index >= 15 is 0 Å². The molecule has 2 rings (SSSR count). The number of likely N-dealkylation sites (tertiary alicyclic amines) is 1. The third-order valence-electron chi connectivity index (χ3n) is 3.60. The fourth-order valence-corrected chi connectivity index (χ4v) is 2.60. The first-order valence-corrected chi connectivity index (χ1v) is 6.28. The normalized spacial score (nSPS) is 29.3. The van der Waals surface area contributed by atoms with E-state index < -0.39 is 12.0 Å². The van der Waals surface area contributed by atoms with E-state index in [4.69, 9.17) is 9.84 Å². The van der Waals surface area contributed by atoms with Crippen molar-refractivity contribution in [3.05, 3.63) is 0 Å². The lowest BCUT2D eigenvalue weighted by Gasteiger charge is -2.33. The van der Waals surface area contributed by atoms with E-state index in [1.165, 1.54) is 0 Å². The molecular weight excluding hydrogens is 222 g/mol. The summed E-state index contributed by atoms with van der Waals surface area (Å²) < 4.78 is 5.23. The van der Waals surface area contributed by atoms with Crippen molar-refractivity contribution in [3.63, 3.8) is 0 Å². The SMILES string of the molecule is O=C(O)[C@H]1CCCCN1C(=O)CC1CCOC1. The fraction of sp³-hybridized carbons (Fsp3) is 0.833. The van der Waals surface area contributed by atoms with Gasteiger partial charge in [0, 0.05) is 26.2 Å². The second kappa shape index (κ2) is 5.49. The molecule has 1 unspecified atom stereocenters. The van der Waals surface area contributed by atoms with Crippen LogP contribution in [0.15, 0.2) is 0 Å². The standard InChI is InChI=1S/C12H19NO4/c14-11(7-9-4-6-17-8-9)13-5-2-1-3-10(13)12(15)16/h9-10H,1-8H2,(H,15,16)/t9?,10-/m1/s1. The van der Waals surface area contributed by atoms with E-state index in [-0.39, 0.29) is 11.8 Å². The minimum atomic E-state index is -0.874. The highest BCUT2D eigenvalue weighted by atomic mass is 16.5. The summed E-state index contributed by atoms with van der Waals surface area (Å²) in [6.07, 6.45) is 3.74. The van der Waals surface area contributed by atoms with Crippen LogP contribution in [0.3, 0.4) is 0 Å². The van der Waals surface area contributed by atoms with Crippen LogP contribution < -0.4 is 0 Å². The molecule has 0 aromatic rings. The molecule has 0 aliphatic carbocycles. The number of hydrogen-bond acceptors (Lipinski definition) is 3. The summed E-state index contributed by atoms with van der Waals surface area (Å²) in [5.41, 5.74) is 0. The van der Waals surface area contributed by atoms with E-state index in [1.807, 2.05) is 0 Å². The van der Waals surface area contributed by atoms with Crippen molar-refractivity contribution >= 4 is 11.9 Å². The molecule has 96 valence electrons. The zero-order valence-electron chi connectivity index (χ0n) is 9.93. The maximum Gasteiger partial charge on any atom is 0.326 e. The van der Waals surface area contributed by atoms with Gasteiger partial charge in [-0.25, -0.2) is 4.79 Å². The quantitative estimate of drug-likeness (QED) is 0.796. The molecule has 0 saturated carbocycles. The minimum absolute atomic E-state index is 0.0207. The van der Waals surface area contributed by atoms with Gasteiger partial charge in [-0.3, -0.25) is 4.79 Å². The first-order valence-electron chi connectivity index (χ1n) is 6.28. The van der Waals surface area contributed by atoms with E-state index in [0.717, 1.165) is 25.9 Å². The van der Waals surface area contributed by atoms with E-state index in [1.54, 1.807) is 4.90 Å². The smallest absolute Gasteiger partial charge is 0.326 e. The molecule has 1 amide bonds. The number of aliphatic carboxylic acids is 1. The molecule has 2 heterocycles. The number of ether oxygens (including phenoxy) is 1. The van der Waals surface area contributed by atoms with Gasteiger partial charge in [-0.15, -0.1) is 0 Å². The van der Waals surface area contributed by atoms with Crippen LogP contribution >= 0.6 is 0 Å². The average Bonchev–Trinajstić information content (AvgIpc) is 2.81.